The summed E-state index contributed by atoms with van der Waals surface area (Å²) < 4.78 is 7.28. The zero-order valence-corrected chi connectivity index (χ0v) is 15.0. The van der Waals surface area contributed by atoms with Crippen LogP contribution >= 0.6 is 0 Å². The van der Waals surface area contributed by atoms with Gasteiger partial charge in [0, 0.05) is 26.1 Å². The normalized spacial score (nSPS) is 18.0. The van der Waals surface area contributed by atoms with Crippen molar-refractivity contribution in [3.63, 3.8) is 0 Å². The number of amides is 1. The zero-order chi connectivity index (χ0) is 18.5. The number of aliphatic hydroxyl groups is 1. The predicted molar refractivity (Wildman–Crippen MR) is 95.3 cm³/mol. The number of nitrogens with two attached hydrogens (primary N) is 1. The van der Waals surface area contributed by atoms with E-state index in [2.05, 4.69) is 15.1 Å². The lowest BCUT2D eigenvalue weighted by Crippen LogP contribution is -2.34. The SMILES string of the molecule is Cn1c(CO)nnc1[C@@H]1CCCN(Cc2cccc(OCC(N)=O)c2)C1. The molecular formula is C18H25N5O3. The fourth-order valence-corrected chi connectivity index (χ4v) is 3.42. The van der Waals surface area contributed by atoms with E-state index in [0.29, 0.717) is 17.5 Å². The maximum atomic E-state index is 10.9. The van der Waals surface area contributed by atoms with Crippen LogP contribution in [0.2, 0.25) is 0 Å². The summed E-state index contributed by atoms with van der Waals surface area (Å²) in [6.45, 7) is 2.50. The van der Waals surface area contributed by atoms with Crippen LogP contribution < -0.4 is 10.5 Å². The van der Waals surface area contributed by atoms with Gasteiger partial charge in [0.05, 0.1) is 0 Å². The summed E-state index contributed by atoms with van der Waals surface area (Å²) in [5.41, 5.74) is 6.25. The van der Waals surface area contributed by atoms with Crippen molar-refractivity contribution in [3.8, 4) is 5.75 Å². The van der Waals surface area contributed by atoms with Gasteiger partial charge in [0.2, 0.25) is 0 Å². The van der Waals surface area contributed by atoms with Gasteiger partial charge in [-0.1, -0.05) is 12.1 Å². The first-order chi connectivity index (χ1) is 12.6. The summed E-state index contributed by atoms with van der Waals surface area (Å²) in [6.07, 6.45) is 2.15. The molecule has 8 nitrogen and oxygen atoms in total. The van der Waals surface area contributed by atoms with Crippen LogP contribution in [0.25, 0.3) is 0 Å². The number of benzene rings is 1. The minimum Gasteiger partial charge on any atom is -0.484 e. The first kappa shape index (κ1) is 18.3. The van der Waals surface area contributed by atoms with Gasteiger partial charge in [0.15, 0.2) is 12.4 Å². The molecule has 1 atom stereocenters. The van der Waals surface area contributed by atoms with Gasteiger partial charge >= 0.3 is 0 Å². The fourth-order valence-electron chi connectivity index (χ4n) is 3.42. The van der Waals surface area contributed by atoms with Crippen LogP contribution in [0.1, 0.15) is 36.0 Å². The summed E-state index contributed by atoms with van der Waals surface area (Å²) in [4.78, 5) is 13.2. The molecule has 8 heteroatoms. The third kappa shape index (κ3) is 4.39. The van der Waals surface area contributed by atoms with Crippen molar-refractivity contribution in [3.05, 3.63) is 41.5 Å². The number of primary amides is 1. The van der Waals surface area contributed by atoms with Gasteiger partial charge in [-0.05, 0) is 37.1 Å². The van der Waals surface area contributed by atoms with E-state index in [9.17, 15) is 9.90 Å². The standard InChI is InChI=1S/C18H25N5O3/c1-22-17(11-24)20-21-18(22)14-5-3-7-23(10-14)9-13-4-2-6-15(8-13)26-12-16(19)25/h2,4,6,8,14,24H,3,5,7,9-12H2,1H3,(H2,19,25)/t14-/m1/s1. The fraction of sp³-hybridized carbons (Fsp3) is 0.500. The van der Waals surface area contributed by atoms with Crippen LogP contribution in [-0.2, 0) is 25.0 Å². The quantitative estimate of drug-likeness (QED) is 0.748. The van der Waals surface area contributed by atoms with Crippen molar-refractivity contribution in [1.82, 2.24) is 19.7 Å². The number of hydrogen-bond donors (Lipinski definition) is 2. The molecule has 3 rings (SSSR count). The predicted octanol–water partition coefficient (Wildman–Crippen LogP) is 0.551. The van der Waals surface area contributed by atoms with Crippen molar-refractivity contribution < 1.29 is 14.6 Å². The Morgan fingerprint density at radius 3 is 3.00 bits per heavy atom. The Kier molecular flexibility index (Phi) is 5.85. The molecule has 1 aliphatic rings. The van der Waals surface area contributed by atoms with Crippen LogP contribution in [0.4, 0.5) is 0 Å². The van der Waals surface area contributed by atoms with Crippen LogP contribution in [-0.4, -0.2) is 50.4 Å². The summed E-state index contributed by atoms with van der Waals surface area (Å²) >= 11 is 0. The number of aromatic nitrogens is 3. The van der Waals surface area contributed by atoms with E-state index in [-0.39, 0.29) is 13.2 Å². The Labute approximate surface area is 152 Å². The number of likely N-dealkylation sites (tertiary alicyclic amines) is 1. The lowest BCUT2D eigenvalue weighted by molar-refractivity contribution is -0.119. The van der Waals surface area contributed by atoms with Crippen molar-refractivity contribution in [2.75, 3.05) is 19.7 Å². The Hall–Kier alpha value is -2.45. The highest BCUT2D eigenvalue weighted by molar-refractivity contribution is 5.75. The minimum atomic E-state index is -0.486. The molecule has 26 heavy (non-hydrogen) atoms. The third-order valence-corrected chi connectivity index (χ3v) is 4.70. The molecule has 0 radical (unpaired) electrons. The van der Waals surface area contributed by atoms with Gasteiger partial charge in [-0.15, -0.1) is 10.2 Å². The molecule has 1 saturated heterocycles. The van der Waals surface area contributed by atoms with Gasteiger partial charge in [-0.2, -0.15) is 0 Å². The summed E-state index contributed by atoms with van der Waals surface area (Å²) in [5, 5.41) is 17.6. The second-order valence-electron chi connectivity index (χ2n) is 6.67. The van der Waals surface area contributed by atoms with E-state index in [4.69, 9.17) is 10.5 Å². The molecule has 0 unspecified atom stereocenters. The van der Waals surface area contributed by atoms with Crippen molar-refractivity contribution in [1.29, 1.82) is 0 Å². The maximum absolute atomic E-state index is 10.9. The van der Waals surface area contributed by atoms with Crippen LogP contribution in [0, 0.1) is 0 Å². The lowest BCUT2D eigenvalue weighted by Gasteiger charge is -2.32. The van der Waals surface area contributed by atoms with Gasteiger partial charge in [0.1, 0.15) is 18.2 Å². The van der Waals surface area contributed by atoms with Gasteiger partial charge in [-0.25, -0.2) is 0 Å². The van der Waals surface area contributed by atoms with Crippen molar-refractivity contribution >= 4 is 5.91 Å². The van der Waals surface area contributed by atoms with Crippen LogP contribution in [0.3, 0.4) is 0 Å². The second kappa shape index (κ2) is 8.29. The molecule has 0 bridgehead atoms. The number of piperidine rings is 1. The molecule has 0 spiro atoms. The van der Waals surface area contributed by atoms with Gasteiger partial charge in [-0.3, -0.25) is 9.69 Å². The molecule has 2 aromatic rings. The largest absolute Gasteiger partial charge is 0.484 e. The summed E-state index contributed by atoms with van der Waals surface area (Å²) in [7, 11) is 1.90. The molecule has 1 amide bonds. The van der Waals surface area contributed by atoms with Crippen molar-refractivity contribution in [2.24, 2.45) is 12.8 Å². The van der Waals surface area contributed by atoms with E-state index in [1.165, 1.54) is 0 Å². The molecule has 0 aliphatic carbocycles. The molecule has 3 N–H and O–H groups in total. The highest BCUT2D eigenvalue weighted by Crippen LogP contribution is 2.27. The zero-order valence-electron chi connectivity index (χ0n) is 15.0. The Balaban J connectivity index is 1.64. The minimum absolute atomic E-state index is 0.0992. The molecule has 1 fully saturated rings. The molecule has 1 aromatic carbocycles. The molecule has 1 aromatic heterocycles. The second-order valence-corrected chi connectivity index (χ2v) is 6.67. The van der Waals surface area contributed by atoms with Crippen LogP contribution in [0.15, 0.2) is 24.3 Å². The van der Waals surface area contributed by atoms with E-state index in [1.54, 1.807) is 0 Å². The number of aliphatic hydroxyl groups excluding tert-OH is 1. The Morgan fingerprint density at radius 2 is 2.27 bits per heavy atom. The Bertz CT molecular complexity index is 761. The molecule has 140 valence electrons. The molecular weight excluding hydrogens is 334 g/mol. The first-order valence-corrected chi connectivity index (χ1v) is 8.78. The van der Waals surface area contributed by atoms with E-state index in [1.807, 2.05) is 35.9 Å². The van der Waals surface area contributed by atoms with E-state index >= 15 is 0 Å². The number of hydrogen-bond acceptors (Lipinski definition) is 6. The molecule has 2 heterocycles. The van der Waals surface area contributed by atoms with Crippen LogP contribution in [0.5, 0.6) is 5.75 Å². The molecule has 1 aliphatic heterocycles. The smallest absolute Gasteiger partial charge is 0.255 e. The number of carbonyl (C=O) groups is 1. The van der Waals surface area contributed by atoms with Gasteiger partial charge < -0.3 is 20.1 Å². The maximum Gasteiger partial charge on any atom is 0.255 e. The van der Waals surface area contributed by atoms with Gasteiger partial charge in [0.25, 0.3) is 5.91 Å². The number of carbonyl (C=O) groups excluding carboxylic acids is 1. The lowest BCUT2D eigenvalue weighted by atomic mass is 9.96. The van der Waals surface area contributed by atoms with E-state index in [0.717, 1.165) is 43.9 Å². The average Bonchev–Trinajstić information content (AvgIpc) is 3.01. The topological polar surface area (TPSA) is 106 Å². The highest BCUT2D eigenvalue weighted by Gasteiger charge is 2.25. The average molecular weight is 359 g/mol. The van der Waals surface area contributed by atoms with Crippen molar-refractivity contribution in [2.45, 2.75) is 31.9 Å². The summed E-state index contributed by atoms with van der Waals surface area (Å²) in [5.74, 6) is 1.99. The van der Waals surface area contributed by atoms with E-state index < -0.39 is 5.91 Å². The number of rotatable bonds is 7. The Morgan fingerprint density at radius 1 is 1.42 bits per heavy atom. The molecule has 0 saturated carbocycles. The number of nitrogens with zero attached hydrogens (tertiary/aromatic N) is 4. The summed E-state index contributed by atoms with van der Waals surface area (Å²) in [6, 6.07) is 7.73. The number of ether oxygens (including phenoxy) is 1. The highest BCUT2D eigenvalue weighted by atomic mass is 16.5. The third-order valence-electron chi connectivity index (χ3n) is 4.70. The monoisotopic (exact) mass is 359 g/mol. The first-order valence-electron chi connectivity index (χ1n) is 8.78.